The summed E-state index contributed by atoms with van der Waals surface area (Å²) in [5.74, 6) is -0.110. The van der Waals surface area contributed by atoms with Gasteiger partial charge in [-0.2, -0.15) is 0 Å². The number of nitro groups is 1. The van der Waals surface area contributed by atoms with Crippen LogP contribution in [-0.2, 0) is 6.42 Å². The van der Waals surface area contributed by atoms with Crippen molar-refractivity contribution in [2.75, 3.05) is 0 Å². The van der Waals surface area contributed by atoms with E-state index in [0.717, 1.165) is 18.1 Å². The van der Waals surface area contributed by atoms with E-state index in [4.69, 9.17) is 0 Å². The van der Waals surface area contributed by atoms with Gasteiger partial charge in [0.15, 0.2) is 0 Å². The Balaban J connectivity index is 2.26. The molecule has 1 aromatic carbocycles. The summed E-state index contributed by atoms with van der Waals surface area (Å²) in [6.07, 6.45) is 4.15. The molecule has 3 rings (SSSR count). The van der Waals surface area contributed by atoms with Gasteiger partial charge in [-0.1, -0.05) is 26.0 Å². The zero-order chi connectivity index (χ0) is 16.8. The van der Waals surface area contributed by atoms with Crippen LogP contribution >= 0.6 is 0 Å². The summed E-state index contributed by atoms with van der Waals surface area (Å²) >= 11 is 0. The molecule has 1 heterocycles. The second-order valence-electron chi connectivity index (χ2n) is 6.39. The van der Waals surface area contributed by atoms with Crippen LogP contribution in [0.15, 0.2) is 47.4 Å². The van der Waals surface area contributed by atoms with Crippen LogP contribution in [0.1, 0.15) is 25.0 Å². The molecule has 6 heteroatoms. The molecule has 0 aliphatic heterocycles. The van der Waals surface area contributed by atoms with E-state index in [1.807, 2.05) is 19.9 Å². The van der Waals surface area contributed by atoms with E-state index in [0.29, 0.717) is 11.3 Å². The van der Waals surface area contributed by atoms with Crippen LogP contribution in [0.2, 0.25) is 0 Å². The predicted molar refractivity (Wildman–Crippen MR) is 86.3 cm³/mol. The predicted octanol–water partition coefficient (Wildman–Crippen LogP) is 2.93. The largest absolute Gasteiger partial charge is 0.508 e. The van der Waals surface area contributed by atoms with Crippen LogP contribution in [0.25, 0.3) is 5.70 Å². The fourth-order valence-electron chi connectivity index (χ4n) is 2.93. The van der Waals surface area contributed by atoms with Crippen molar-refractivity contribution in [2.24, 2.45) is 5.41 Å². The van der Waals surface area contributed by atoms with Gasteiger partial charge in [0.05, 0.1) is 10.6 Å². The van der Waals surface area contributed by atoms with Crippen LogP contribution in [0.3, 0.4) is 0 Å². The molecule has 1 aliphatic carbocycles. The molecule has 0 radical (unpaired) electrons. The van der Waals surface area contributed by atoms with E-state index in [2.05, 4.69) is 0 Å². The highest BCUT2D eigenvalue weighted by Gasteiger charge is 2.28. The van der Waals surface area contributed by atoms with Crippen molar-refractivity contribution >= 4 is 11.4 Å². The van der Waals surface area contributed by atoms with E-state index >= 15 is 0 Å². The lowest BCUT2D eigenvalue weighted by Gasteiger charge is -2.30. The number of hydrogen-bond acceptors (Lipinski definition) is 4. The maximum Gasteiger partial charge on any atom is 0.270 e. The summed E-state index contributed by atoms with van der Waals surface area (Å²) in [7, 11) is 0. The number of fused-ring (bicyclic) bond motifs is 1. The maximum absolute atomic E-state index is 12.2. The number of nitrogens with zero attached hydrogens (tertiary/aromatic N) is 2. The molecule has 118 valence electrons. The minimum Gasteiger partial charge on any atom is -0.508 e. The fourth-order valence-corrected chi connectivity index (χ4v) is 2.93. The minimum atomic E-state index is -0.447. The molecule has 1 N–H and O–H groups in total. The van der Waals surface area contributed by atoms with Gasteiger partial charge >= 0.3 is 0 Å². The Hall–Kier alpha value is -2.89. The summed E-state index contributed by atoms with van der Waals surface area (Å²) in [6.45, 7) is 4.09. The quantitative estimate of drug-likeness (QED) is 0.682. The highest BCUT2D eigenvalue weighted by molar-refractivity contribution is 5.73. The number of non-ortho nitro benzene ring substituents is 1. The van der Waals surface area contributed by atoms with Gasteiger partial charge in [0.2, 0.25) is 0 Å². The number of hydrogen-bond donors (Lipinski definition) is 1. The van der Waals surface area contributed by atoms with Crippen LogP contribution in [0, 0.1) is 15.5 Å². The van der Waals surface area contributed by atoms with E-state index in [1.165, 1.54) is 29.0 Å². The molecule has 0 spiro atoms. The molecular formula is C17H16N2O4. The van der Waals surface area contributed by atoms with Crippen molar-refractivity contribution in [1.29, 1.82) is 0 Å². The van der Waals surface area contributed by atoms with Gasteiger partial charge in [0.25, 0.3) is 11.2 Å². The lowest BCUT2D eigenvalue weighted by atomic mass is 9.78. The number of benzene rings is 1. The Morgan fingerprint density at radius 3 is 2.65 bits per heavy atom. The number of allylic oxidation sites excluding steroid dienone is 1. The summed E-state index contributed by atoms with van der Waals surface area (Å²) in [6, 6.07) is 7.27. The van der Waals surface area contributed by atoms with Crippen molar-refractivity contribution in [3.63, 3.8) is 0 Å². The third kappa shape index (κ3) is 2.75. The zero-order valence-electron chi connectivity index (χ0n) is 12.8. The van der Waals surface area contributed by atoms with E-state index < -0.39 is 4.92 Å². The van der Waals surface area contributed by atoms with Gasteiger partial charge < -0.3 is 5.11 Å². The molecule has 0 atom stereocenters. The van der Waals surface area contributed by atoms with E-state index in [1.54, 1.807) is 6.07 Å². The van der Waals surface area contributed by atoms with Crippen molar-refractivity contribution in [3.05, 3.63) is 74.2 Å². The summed E-state index contributed by atoms with van der Waals surface area (Å²) in [5.41, 5.74) is 1.65. The Kier molecular flexibility index (Phi) is 3.32. The molecule has 0 unspecified atom stereocenters. The van der Waals surface area contributed by atoms with E-state index in [9.17, 15) is 20.0 Å². The Morgan fingerprint density at radius 1 is 1.26 bits per heavy atom. The van der Waals surface area contributed by atoms with Crippen LogP contribution in [0.4, 0.5) is 5.69 Å². The average Bonchev–Trinajstić information content (AvgIpc) is 2.45. The standard InChI is InChI=1S/C17H16N2O4/c1-17(2)9-11-3-4-12(19(22)23)7-14(11)15(10-17)18-6-5-13(20)8-16(18)21/h3-8,10,20H,9H2,1-2H3. The van der Waals surface area contributed by atoms with Crippen LogP contribution < -0.4 is 5.56 Å². The van der Waals surface area contributed by atoms with Crippen molar-refractivity contribution < 1.29 is 10.0 Å². The average molecular weight is 312 g/mol. The summed E-state index contributed by atoms with van der Waals surface area (Å²) < 4.78 is 1.41. The first-order valence-corrected chi connectivity index (χ1v) is 7.19. The third-order valence-corrected chi connectivity index (χ3v) is 3.92. The second-order valence-corrected chi connectivity index (χ2v) is 6.39. The first-order chi connectivity index (χ1) is 10.8. The molecule has 0 saturated heterocycles. The van der Waals surface area contributed by atoms with Crippen molar-refractivity contribution in [3.8, 4) is 5.75 Å². The Labute approximate surface area is 132 Å². The second kappa shape index (κ2) is 5.08. The van der Waals surface area contributed by atoms with Crippen LogP contribution in [-0.4, -0.2) is 14.6 Å². The normalized spacial score (nSPS) is 15.7. The van der Waals surface area contributed by atoms with Gasteiger partial charge in [-0.25, -0.2) is 0 Å². The Bertz CT molecular complexity index is 894. The summed E-state index contributed by atoms with van der Waals surface area (Å²) in [4.78, 5) is 22.8. The van der Waals surface area contributed by atoms with Gasteiger partial charge in [-0.3, -0.25) is 19.5 Å². The van der Waals surface area contributed by atoms with E-state index in [-0.39, 0.29) is 22.4 Å². The monoisotopic (exact) mass is 312 g/mol. The fraction of sp³-hybridized carbons (Fsp3) is 0.235. The van der Waals surface area contributed by atoms with Gasteiger partial charge in [-0.05, 0) is 23.5 Å². The number of rotatable bonds is 2. The molecule has 1 aliphatic rings. The number of aromatic hydroxyl groups is 1. The first-order valence-electron chi connectivity index (χ1n) is 7.19. The lowest BCUT2D eigenvalue weighted by molar-refractivity contribution is -0.384. The SMILES string of the molecule is CC1(C)C=C(n2ccc(O)cc2=O)c2cc([N+](=O)[O-])ccc2C1. The molecule has 0 saturated carbocycles. The number of aromatic nitrogens is 1. The highest BCUT2D eigenvalue weighted by atomic mass is 16.6. The van der Waals surface area contributed by atoms with Crippen molar-refractivity contribution in [2.45, 2.75) is 20.3 Å². The molecule has 23 heavy (non-hydrogen) atoms. The van der Waals surface area contributed by atoms with Crippen molar-refractivity contribution in [1.82, 2.24) is 4.57 Å². The maximum atomic E-state index is 12.2. The number of nitro benzene ring substituents is 1. The number of pyridine rings is 1. The summed E-state index contributed by atoms with van der Waals surface area (Å²) in [5, 5.41) is 20.5. The van der Waals surface area contributed by atoms with Gasteiger partial charge in [0.1, 0.15) is 5.75 Å². The zero-order valence-corrected chi connectivity index (χ0v) is 12.8. The molecule has 6 nitrogen and oxygen atoms in total. The van der Waals surface area contributed by atoms with Crippen LogP contribution in [0.5, 0.6) is 5.75 Å². The Morgan fingerprint density at radius 2 is 2.00 bits per heavy atom. The lowest BCUT2D eigenvalue weighted by Crippen LogP contribution is -2.25. The van der Waals surface area contributed by atoms with Gasteiger partial charge in [-0.15, -0.1) is 0 Å². The van der Waals surface area contributed by atoms with Gasteiger partial charge in [0, 0.05) is 30.0 Å². The highest BCUT2D eigenvalue weighted by Crippen LogP contribution is 2.38. The molecule has 2 aromatic rings. The smallest absolute Gasteiger partial charge is 0.270 e. The molecule has 1 aromatic heterocycles. The minimum absolute atomic E-state index is 0.0128. The molecule has 0 amide bonds. The third-order valence-electron chi connectivity index (χ3n) is 3.92. The molecular weight excluding hydrogens is 296 g/mol. The molecule has 0 fully saturated rings. The first kappa shape index (κ1) is 15.0. The topological polar surface area (TPSA) is 85.4 Å². The molecule has 0 bridgehead atoms.